The van der Waals surface area contributed by atoms with Crippen LogP contribution in [0.4, 0.5) is 0 Å². The van der Waals surface area contributed by atoms with Crippen LogP contribution in [0.3, 0.4) is 0 Å². The summed E-state index contributed by atoms with van der Waals surface area (Å²) >= 11 is 0. The lowest BCUT2D eigenvalue weighted by atomic mass is 9.92. The number of carboxylic acids is 2. The molecular weight excluding hydrogens is 224 g/mol. The molecule has 0 heterocycles. The molecule has 0 aliphatic rings. The summed E-state index contributed by atoms with van der Waals surface area (Å²) in [6.07, 6.45) is 0. The predicted molar refractivity (Wildman–Crippen MR) is 61.1 cm³/mol. The Balaban J connectivity index is 3.86. The number of carbonyl (C=O) groups is 2. The fourth-order valence-electron chi connectivity index (χ4n) is 1.85. The van der Waals surface area contributed by atoms with Crippen LogP contribution in [0.15, 0.2) is 0 Å². The van der Waals surface area contributed by atoms with Crippen LogP contribution in [0.25, 0.3) is 0 Å². The third-order valence-corrected chi connectivity index (χ3v) is 2.95. The van der Waals surface area contributed by atoms with E-state index in [9.17, 15) is 9.59 Å². The Morgan fingerprint density at radius 3 is 1.71 bits per heavy atom. The number of carboxylic acid groups (broad SMARTS) is 2. The Morgan fingerprint density at radius 2 is 1.35 bits per heavy atom. The zero-order valence-electron chi connectivity index (χ0n) is 10.1. The molecule has 1 aromatic carbocycles. The number of benzene rings is 1. The summed E-state index contributed by atoms with van der Waals surface area (Å²) in [5.41, 5.74) is 1.32. The molecule has 0 fully saturated rings. The van der Waals surface area contributed by atoms with Crippen LogP contribution >= 0.6 is 0 Å². The van der Waals surface area contributed by atoms with Crippen molar-refractivity contribution in [1.29, 1.82) is 0 Å². The highest BCUT2D eigenvalue weighted by molar-refractivity contribution is 6.05. The predicted octanol–water partition coefficient (Wildman–Crippen LogP) is 2.02. The molecule has 0 aliphatic heterocycles. The Kier molecular flexibility index (Phi) is 3.41. The first-order valence-electron chi connectivity index (χ1n) is 4.97. The summed E-state index contributed by atoms with van der Waals surface area (Å²) in [6, 6.07) is 0. The monoisotopic (exact) mass is 238 g/mol. The minimum absolute atomic E-state index is 0.109. The average Bonchev–Trinajstić information content (AvgIpc) is 2.24. The SMILES string of the molecule is COc1c(C)c(C)c(C)c(C(=O)O)c1C(=O)O. The van der Waals surface area contributed by atoms with Gasteiger partial charge in [0.25, 0.3) is 0 Å². The van der Waals surface area contributed by atoms with Crippen LogP contribution in [0, 0.1) is 20.8 Å². The largest absolute Gasteiger partial charge is 0.496 e. The molecule has 1 rings (SSSR count). The third kappa shape index (κ3) is 1.95. The van der Waals surface area contributed by atoms with Crippen molar-refractivity contribution in [2.45, 2.75) is 20.8 Å². The lowest BCUT2D eigenvalue weighted by Crippen LogP contribution is -2.14. The summed E-state index contributed by atoms with van der Waals surface area (Å²) in [5, 5.41) is 18.2. The number of hydrogen-bond donors (Lipinski definition) is 2. The Hall–Kier alpha value is -2.04. The van der Waals surface area contributed by atoms with E-state index in [1.54, 1.807) is 20.8 Å². The Labute approximate surface area is 98.6 Å². The van der Waals surface area contributed by atoms with Gasteiger partial charge in [0, 0.05) is 0 Å². The van der Waals surface area contributed by atoms with E-state index in [2.05, 4.69) is 0 Å². The highest BCUT2D eigenvalue weighted by Gasteiger charge is 2.27. The molecule has 0 radical (unpaired) electrons. The van der Waals surface area contributed by atoms with Crippen LogP contribution in [0.5, 0.6) is 5.75 Å². The maximum Gasteiger partial charge on any atom is 0.340 e. The van der Waals surface area contributed by atoms with Gasteiger partial charge in [0.1, 0.15) is 11.3 Å². The molecule has 0 aliphatic carbocycles. The molecule has 0 saturated carbocycles. The molecule has 0 saturated heterocycles. The molecule has 17 heavy (non-hydrogen) atoms. The van der Waals surface area contributed by atoms with Gasteiger partial charge in [-0.15, -0.1) is 0 Å². The average molecular weight is 238 g/mol. The van der Waals surface area contributed by atoms with Crippen molar-refractivity contribution in [2.75, 3.05) is 7.11 Å². The molecule has 5 nitrogen and oxygen atoms in total. The standard InChI is InChI=1S/C12H14O5/c1-5-6(2)8(11(13)14)9(12(15)16)10(17-4)7(5)3/h1-4H3,(H,13,14)(H,15,16). The topological polar surface area (TPSA) is 83.8 Å². The van der Waals surface area contributed by atoms with E-state index in [4.69, 9.17) is 14.9 Å². The fraction of sp³-hybridized carbons (Fsp3) is 0.333. The second-order valence-electron chi connectivity index (χ2n) is 3.77. The molecule has 1 aromatic rings. The molecule has 2 N–H and O–H groups in total. The molecule has 0 unspecified atom stereocenters. The molecule has 5 heteroatoms. The molecule has 0 spiro atoms. The van der Waals surface area contributed by atoms with E-state index < -0.39 is 11.9 Å². The summed E-state index contributed by atoms with van der Waals surface area (Å²) in [7, 11) is 1.33. The second kappa shape index (κ2) is 4.45. The van der Waals surface area contributed by atoms with Crippen molar-refractivity contribution in [2.24, 2.45) is 0 Å². The van der Waals surface area contributed by atoms with Gasteiger partial charge in [-0.25, -0.2) is 9.59 Å². The molecule has 92 valence electrons. The van der Waals surface area contributed by atoms with Crippen molar-refractivity contribution in [3.63, 3.8) is 0 Å². The van der Waals surface area contributed by atoms with E-state index >= 15 is 0 Å². The van der Waals surface area contributed by atoms with Crippen molar-refractivity contribution in [3.8, 4) is 5.75 Å². The van der Waals surface area contributed by atoms with Gasteiger partial charge in [-0.1, -0.05) is 0 Å². The molecule has 0 bridgehead atoms. The van der Waals surface area contributed by atoms with E-state index in [-0.39, 0.29) is 16.9 Å². The van der Waals surface area contributed by atoms with Gasteiger partial charge < -0.3 is 14.9 Å². The lowest BCUT2D eigenvalue weighted by molar-refractivity contribution is 0.0647. The normalized spacial score (nSPS) is 10.1. The second-order valence-corrected chi connectivity index (χ2v) is 3.77. The van der Waals surface area contributed by atoms with Gasteiger partial charge in [-0.2, -0.15) is 0 Å². The number of methoxy groups -OCH3 is 1. The molecule has 0 aromatic heterocycles. The van der Waals surface area contributed by atoms with Crippen molar-refractivity contribution >= 4 is 11.9 Å². The molecule has 0 atom stereocenters. The number of rotatable bonds is 3. The van der Waals surface area contributed by atoms with E-state index in [1.165, 1.54) is 7.11 Å². The van der Waals surface area contributed by atoms with Gasteiger partial charge >= 0.3 is 11.9 Å². The molecule has 0 amide bonds. The fourth-order valence-corrected chi connectivity index (χ4v) is 1.85. The zero-order chi connectivity index (χ0) is 13.3. The van der Waals surface area contributed by atoms with Gasteiger partial charge in [-0.3, -0.25) is 0 Å². The van der Waals surface area contributed by atoms with Crippen LogP contribution in [0.1, 0.15) is 37.4 Å². The van der Waals surface area contributed by atoms with Crippen LogP contribution in [-0.2, 0) is 0 Å². The third-order valence-electron chi connectivity index (χ3n) is 2.95. The maximum atomic E-state index is 11.2. The Morgan fingerprint density at radius 1 is 0.882 bits per heavy atom. The first-order chi connectivity index (χ1) is 7.82. The first-order valence-corrected chi connectivity index (χ1v) is 4.97. The van der Waals surface area contributed by atoms with Gasteiger partial charge in [0.05, 0.1) is 12.7 Å². The Bertz CT molecular complexity index is 502. The van der Waals surface area contributed by atoms with Gasteiger partial charge in [0.15, 0.2) is 0 Å². The number of aromatic carboxylic acids is 2. The van der Waals surface area contributed by atoms with E-state index in [0.29, 0.717) is 11.1 Å². The number of ether oxygens (including phenoxy) is 1. The molecular formula is C12H14O5. The minimum Gasteiger partial charge on any atom is -0.496 e. The van der Waals surface area contributed by atoms with E-state index in [1.807, 2.05) is 0 Å². The van der Waals surface area contributed by atoms with Crippen LogP contribution in [0.2, 0.25) is 0 Å². The van der Waals surface area contributed by atoms with E-state index in [0.717, 1.165) is 5.56 Å². The van der Waals surface area contributed by atoms with Crippen molar-refractivity contribution < 1.29 is 24.5 Å². The smallest absolute Gasteiger partial charge is 0.340 e. The van der Waals surface area contributed by atoms with Crippen LogP contribution in [-0.4, -0.2) is 29.3 Å². The lowest BCUT2D eigenvalue weighted by Gasteiger charge is -2.16. The summed E-state index contributed by atoms with van der Waals surface area (Å²) in [5.74, 6) is -2.45. The quantitative estimate of drug-likeness (QED) is 0.841. The van der Waals surface area contributed by atoms with Crippen molar-refractivity contribution in [3.05, 3.63) is 27.8 Å². The summed E-state index contributed by atoms with van der Waals surface area (Å²) in [4.78, 5) is 22.3. The number of hydrogen-bond acceptors (Lipinski definition) is 3. The summed E-state index contributed by atoms with van der Waals surface area (Å²) in [6.45, 7) is 5.04. The zero-order valence-corrected chi connectivity index (χ0v) is 10.1. The highest BCUT2D eigenvalue weighted by Crippen LogP contribution is 2.33. The maximum absolute atomic E-state index is 11.2. The minimum atomic E-state index is -1.30. The first kappa shape index (κ1) is 13.0. The highest BCUT2D eigenvalue weighted by atomic mass is 16.5. The van der Waals surface area contributed by atoms with Crippen LogP contribution < -0.4 is 4.74 Å². The van der Waals surface area contributed by atoms with Gasteiger partial charge in [0.2, 0.25) is 0 Å². The van der Waals surface area contributed by atoms with Gasteiger partial charge in [-0.05, 0) is 37.5 Å². The van der Waals surface area contributed by atoms with Crippen molar-refractivity contribution in [1.82, 2.24) is 0 Å². The summed E-state index contributed by atoms with van der Waals surface area (Å²) < 4.78 is 5.02.